The summed E-state index contributed by atoms with van der Waals surface area (Å²) in [6.45, 7) is 0. The molecule has 0 unspecified atom stereocenters. The molecule has 2 N–H and O–H groups in total. The minimum Gasteiger partial charge on any atom is -0.507 e. The highest BCUT2D eigenvalue weighted by Crippen LogP contribution is 2.17. The smallest absolute Gasteiger partial charge is 0.243 e. The van der Waals surface area contributed by atoms with E-state index in [0.29, 0.717) is 11.5 Å². The quantitative estimate of drug-likeness (QED) is 0.571. The molecule has 0 bridgehead atoms. The van der Waals surface area contributed by atoms with Crippen LogP contribution < -0.4 is 5.43 Å². The van der Waals surface area contributed by atoms with Gasteiger partial charge in [0.1, 0.15) is 5.75 Å². The number of hydrogen-bond donors (Lipinski definition) is 2. The third kappa shape index (κ3) is 3.27. The summed E-state index contributed by atoms with van der Waals surface area (Å²) in [5, 5.41) is 13.6. The number of rotatable bonds is 4. The molecule has 3 aromatic rings. The summed E-state index contributed by atoms with van der Waals surface area (Å²) in [5.41, 5.74) is 5.36. The van der Waals surface area contributed by atoms with Crippen molar-refractivity contribution in [3.63, 3.8) is 0 Å². The molecule has 108 valence electrons. The van der Waals surface area contributed by atoms with E-state index in [1.54, 1.807) is 30.6 Å². The second-order valence-corrected chi connectivity index (χ2v) is 4.59. The summed E-state index contributed by atoms with van der Waals surface area (Å²) < 4.78 is 0. The lowest BCUT2D eigenvalue weighted by atomic mass is 10.1. The fourth-order valence-electron chi connectivity index (χ4n) is 1.92. The molecule has 0 fully saturated rings. The fourth-order valence-corrected chi connectivity index (χ4v) is 1.92. The van der Waals surface area contributed by atoms with E-state index < -0.39 is 0 Å². The second kappa shape index (κ2) is 6.49. The third-order valence-electron chi connectivity index (χ3n) is 3.06. The summed E-state index contributed by atoms with van der Waals surface area (Å²) >= 11 is 0. The van der Waals surface area contributed by atoms with E-state index in [-0.39, 0.29) is 5.75 Å². The predicted molar refractivity (Wildman–Crippen MR) is 86.8 cm³/mol. The van der Waals surface area contributed by atoms with Crippen molar-refractivity contribution in [3.8, 4) is 16.9 Å². The van der Waals surface area contributed by atoms with Crippen molar-refractivity contribution in [1.82, 2.24) is 9.97 Å². The number of aromatic nitrogens is 2. The van der Waals surface area contributed by atoms with E-state index in [9.17, 15) is 5.11 Å². The Labute approximate surface area is 128 Å². The number of hydrogen-bond acceptors (Lipinski definition) is 5. The molecule has 0 atom stereocenters. The van der Waals surface area contributed by atoms with Crippen LogP contribution in [0.2, 0.25) is 0 Å². The molecule has 0 aliphatic heterocycles. The van der Waals surface area contributed by atoms with E-state index in [1.807, 2.05) is 36.4 Å². The summed E-state index contributed by atoms with van der Waals surface area (Å²) in [6, 6.07) is 16.9. The van der Waals surface area contributed by atoms with Gasteiger partial charge in [-0.1, -0.05) is 42.5 Å². The number of nitrogens with zero attached hydrogens (tertiary/aromatic N) is 3. The van der Waals surface area contributed by atoms with Gasteiger partial charge in [0.25, 0.3) is 0 Å². The number of phenolic OH excluding ortho intramolecular Hbond substituents is 1. The Balaban J connectivity index is 1.68. The van der Waals surface area contributed by atoms with Gasteiger partial charge in [-0.3, -0.25) is 0 Å². The molecular weight excluding hydrogens is 276 g/mol. The number of anilines is 1. The minimum atomic E-state index is 0.174. The Kier molecular flexibility index (Phi) is 4.06. The molecule has 3 rings (SSSR count). The number of nitrogens with one attached hydrogen (secondary N) is 1. The number of benzene rings is 2. The first kappa shape index (κ1) is 13.8. The maximum atomic E-state index is 9.62. The maximum absolute atomic E-state index is 9.62. The van der Waals surface area contributed by atoms with Crippen LogP contribution in [-0.2, 0) is 0 Å². The van der Waals surface area contributed by atoms with Gasteiger partial charge in [0, 0.05) is 23.5 Å². The zero-order valence-corrected chi connectivity index (χ0v) is 11.7. The van der Waals surface area contributed by atoms with E-state index in [0.717, 1.165) is 11.1 Å². The molecule has 0 aliphatic carbocycles. The standard InChI is InChI=1S/C17H14N4O/c22-16-9-5-4-8-14(16)12-20-21-17-18-10-15(11-19-17)13-6-2-1-3-7-13/h1-12,22H,(H,18,19,21)/b20-12+. The van der Waals surface area contributed by atoms with Crippen LogP contribution in [-0.4, -0.2) is 21.3 Å². The average Bonchev–Trinajstić information content (AvgIpc) is 2.58. The number of phenols is 1. The van der Waals surface area contributed by atoms with E-state index >= 15 is 0 Å². The van der Waals surface area contributed by atoms with Crippen molar-refractivity contribution in [3.05, 3.63) is 72.6 Å². The summed E-state index contributed by atoms with van der Waals surface area (Å²) in [4.78, 5) is 8.42. The fraction of sp³-hybridized carbons (Fsp3) is 0. The Morgan fingerprint density at radius 1 is 0.864 bits per heavy atom. The van der Waals surface area contributed by atoms with Crippen LogP contribution in [0.5, 0.6) is 5.75 Å². The van der Waals surface area contributed by atoms with E-state index in [1.165, 1.54) is 6.21 Å². The van der Waals surface area contributed by atoms with Gasteiger partial charge in [-0.05, 0) is 17.7 Å². The van der Waals surface area contributed by atoms with Gasteiger partial charge in [0.2, 0.25) is 5.95 Å². The molecule has 0 radical (unpaired) electrons. The Hall–Kier alpha value is -3.21. The lowest BCUT2D eigenvalue weighted by molar-refractivity contribution is 0.474. The molecule has 22 heavy (non-hydrogen) atoms. The van der Waals surface area contributed by atoms with Crippen LogP contribution in [0.3, 0.4) is 0 Å². The van der Waals surface area contributed by atoms with Crippen molar-refractivity contribution in [2.24, 2.45) is 5.10 Å². The van der Waals surface area contributed by atoms with Gasteiger partial charge >= 0.3 is 0 Å². The highest BCUT2D eigenvalue weighted by Gasteiger charge is 1.99. The zero-order valence-electron chi connectivity index (χ0n) is 11.7. The molecule has 5 heteroatoms. The molecule has 0 aliphatic rings. The Morgan fingerprint density at radius 2 is 1.55 bits per heavy atom. The predicted octanol–water partition coefficient (Wildman–Crippen LogP) is 3.30. The van der Waals surface area contributed by atoms with E-state index in [4.69, 9.17) is 0 Å². The van der Waals surface area contributed by atoms with Gasteiger partial charge in [-0.15, -0.1) is 0 Å². The van der Waals surface area contributed by atoms with Crippen LogP contribution in [0, 0.1) is 0 Å². The van der Waals surface area contributed by atoms with Crippen LogP contribution in [0.1, 0.15) is 5.56 Å². The first-order chi connectivity index (χ1) is 10.8. The van der Waals surface area contributed by atoms with Crippen molar-refractivity contribution in [2.75, 3.05) is 5.43 Å². The molecule has 0 saturated carbocycles. The number of hydrazone groups is 1. The maximum Gasteiger partial charge on any atom is 0.243 e. The van der Waals surface area contributed by atoms with Crippen LogP contribution in [0.15, 0.2) is 72.1 Å². The Morgan fingerprint density at radius 3 is 2.27 bits per heavy atom. The molecule has 2 aromatic carbocycles. The molecule has 0 spiro atoms. The van der Waals surface area contributed by atoms with Crippen molar-refractivity contribution in [2.45, 2.75) is 0 Å². The monoisotopic (exact) mass is 290 g/mol. The summed E-state index contributed by atoms with van der Waals surface area (Å²) in [7, 11) is 0. The van der Waals surface area contributed by atoms with Crippen molar-refractivity contribution < 1.29 is 5.11 Å². The van der Waals surface area contributed by atoms with Crippen molar-refractivity contribution >= 4 is 12.2 Å². The van der Waals surface area contributed by atoms with Crippen LogP contribution in [0.4, 0.5) is 5.95 Å². The molecule has 1 heterocycles. The highest BCUT2D eigenvalue weighted by molar-refractivity contribution is 5.83. The third-order valence-corrected chi connectivity index (χ3v) is 3.06. The lowest BCUT2D eigenvalue weighted by Gasteiger charge is -2.02. The first-order valence-electron chi connectivity index (χ1n) is 6.77. The topological polar surface area (TPSA) is 70.4 Å². The number of aromatic hydroxyl groups is 1. The highest BCUT2D eigenvalue weighted by atomic mass is 16.3. The molecule has 1 aromatic heterocycles. The van der Waals surface area contributed by atoms with Gasteiger partial charge in [-0.2, -0.15) is 5.10 Å². The zero-order chi connectivity index (χ0) is 15.2. The van der Waals surface area contributed by atoms with Gasteiger partial charge in [0.05, 0.1) is 6.21 Å². The molecule has 0 saturated heterocycles. The summed E-state index contributed by atoms with van der Waals surface area (Å²) in [5.74, 6) is 0.569. The normalized spacial score (nSPS) is 10.7. The first-order valence-corrected chi connectivity index (χ1v) is 6.77. The van der Waals surface area contributed by atoms with Crippen molar-refractivity contribution in [1.29, 1.82) is 0 Å². The SMILES string of the molecule is Oc1ccccc1/C=N/Nc1ncc(-c2ccccc2)cn1. The van der Waals surface area contributed by atoms with Gasteiger partial charge < -0.3 is 5.11 Å². The average molecular weight is 290 g/mol. The summed E-state index contributed by atoms with van der Waals surface area (Å²) in [6.07, 6.45) is 4.99. The second-order valence-electron chi connectivity index (χ2n) is 4.59. The van der Waals surface area contributed by atoms with E-state index in [2.05, 4.69) is 20.5 Å². The lowest BCUT2D eigenvalue weighted by Crippen LogP contribution is -1.96. The molecule has 5 nitrogen and oxygen atoms in total. The molecular formula is C17H14N4O. The number of para-hydroxylation sites is 1. The van der Waals surface area contributed by atoms with Gasteiger partial charge in [0.15, 0.2) is 0 Å². The Bertz CT molecular complexity index is 770. The minimum absolute atomic E-state index is 0.174. The van der Waals surface area contributed by atoms with Crippen LogP contribution in [0.25, 0.3) is 11.1 Å². The molecule has 0 amide bonds. The largest absolute Gasteiger partial charge is 0.507 e. The van der Waals surface area contributed by atoms with Crippen LogP contribution >= 0.6 is 0 Å². The van der Waals surface area contributed by atoms with Gasteiger partial charge in [-0.25, -0.2) is 15.4 Å².